The highest BCUT2D eigenvalue weighted by Gasteiger charge is 2.24. The molecule has 0 aromatic heterocycles. The second-order valence-electron chi connectivity index (χ2n) is 4.70. The van der Waals surface area contributed by atoms with Gasteiger partial charge in [-0.3, -0.25) is 0 Å². The molecule has 1 nitrogen and oxygen atoms in total. The SMILES string of the molecule is CC(O)(Cc1ccc(Cl)cc1Cl)c1cccc(Cl)c1. The molecule has 0 amide bonds. The molecule has 0 radical (unpaired) electrons. The van der Waals surface area contributed by atoms with E-state index in [-0.39, 0.29) is 0 Å². The molecule has 2 aromatic rings. The molecule has 1 unspecified atom stereocenters. The highest BCUT2D eigenvalue weighted by atomic mass is 35.5. The lowest BCUT2D eigenvalue weighted by atomic mass is 9.89. The number of hydrogen-bond acceptors (Lipinski definition) is 1. The topological polar surface area (TPSA) is 20.2 Å². The molecule has 1 atom stereocenters. The zero-order chi connectivity index (χ0) is 14.0. The molecule has 19 heavy (non-hydrogen) atoms. The molecule has 100 valence electrons. The molecule has 4 heteroatoms. The lowest BCUT2D eigenvalue weighted by Crippen LogP contribution is -2.24. The number of halogens is 3. The molecule has 0 aliphatic rings. The molecule has 2 aromatic carbocycles. The van der Waals surface area contributed by atoms with Crippen LogP contribution < -0.4 is 0 Å². The Labute approximate surface area is 127 Å². The number of rotatable bonds is 3. The quantitative estimate of drug-likeness (QED) is 0.835. The van der Waals surface area contributed by atoms with Crippen LogP contribution in [0.2, 0.25) is 15.1 Å². The summed E-state index contributed by atoms with van der Waals surface area (Å²) in [7, 11) is 0. The Morgan fingerprint density at radius 3 is 2.32 bits per heavy atom. The zero-order valence-electron chi connectivity index (χ0n) is 10.3. The van der Waals surface area contributed by atoms with Crippen molar-refractivity contribution >= 4 is 34.8 Å². The predicted molar refractivity (Wildman–Crippen MR) is 81.2 cm³/mol. The van der Waals surface area contributed by atoms with Crippen LogP contribution in [0.15, 0.2) is 42.5 Å². The highest BCUT2D eigenvalue weighted by Crippen LogP contribution is 2.31. The van der Waals surface area contributed by atoms with Crippen molar-refractivity contribution in [3.8, 4) is 0 Å². The highest BCUT2D eigenvalue weighted by molar-refractivity contribution is 6.35. The Balaban J connectivity index is 2.30. The van der Waals surface area contributed by atoms with E-state index < -0.39 is 5.60 Å². The molecule has 0 aliphatic carbocycles. The third-order valence-corrected chi connectivity index (χ3v) is 3.82. The number of aliphatic hydroxyl groups is 1. The Morgan fingerprint density at radius 1 is 1.00 bits per heavy atom. The Bertz CT molecular complexity index is 594. The first-order valence-electron chi connectivity index (χ1n) is 5.81. The van der Waals surface area contributed by atoms with Crippen molar-refractivity contribution in [2.24, 2.45) is 0 Å². The van der Waals surface area contributed by atoms with E-state index in [0.29, 0.717) is 21.5 Å². The largest absolute Gasteiger partial charge is 0.385 e. The maximum atomic E-state index is 10.6. The van der Waals surface area contributed by atoms with Crippen LogP contribution >= 0.6 is 34.8 Å². The van der Waals surface area contributed by atoms with Gasteiger partial charge in [-0.2, -0.15) is 0 Å². The van der Waals surface area contributed by atoms with Gasteiger partial charge in [0.2, 0.25) is 0 Å². The Morgan fingerprint density at radius 2 is 1.68 bits per heavy atom. The lowest BCUT2D eigenvalue weighted by molar-refractivity contribution is 0.0576. The van der Waals surface area contributed by atoms with Crippen molar-refractivity contribution in [1.82, 2.24) is 0 Å². The van der Waals surface area contributed by atoms with E-state index >= 15 is 0 Å². The van der Waals surface area contributed by atoms with Crippen molar-refractivity contribution in [2.75, 3.05) is 0 Å². The van der Waals surface area contributed by atoms with E-state index in [9.17, 15) is 5.11 Å². The van der Waals surface area contributed by atoms with E-state index in [1.807, 2.05) is 18.2 Å². The molecule has 0 saturated heterocycles. The van der Waals surface area contributed by atoms with Gasteiger partial charge < -0.3 is 5.11 Å². The summed E-state index contributed by atoms with van der Waals surface area (Å²) in [4.78, 5) is 0. The van der Waals surface area contributed by atoms with Gasteiger partial charge in [0.05, 0.1) is 5.60 Å². The second kappa shape index (κ2) is 5.72. The van der Waals surface area contributed by atoms with Crippen LogP contribution in [0.3, 0.4) is 0 Å². The third-order valence-electron chi connectivity index (χ3n) is 3.00. The molecule has 0 bridgehead atoms. The summed E-state index contributed by atoms with van der Waals surface area (Å²) in [5.74, 6) is 0. The molecule has 2 rings (SSSR count). The van der Waals surface area contributed by atoms with Crippen molar-refractivity contribution in [1.29, 1.82) is 0 Å². The second-order valence-corrected chi connectivity index (χ2v) is 5.98. The normalized spacial score (nSPS) is 14.2. The fourth-order valence-electron chi connectivity index (χ4n) is 1.96. The van der Waals surface area contributed by atoms with Gasteiger partial charge in [0, 0.05) is 21.5 Å². The molecule has 0 aliphatic heterocycles. The summed E-state index contributed by atoms with van der Waals surface area (Å²) >= 11 is 17.9. The minimum atomic E-state index is -1.04. The average molecular weight is 316 g/mol. The smallest absolute Gasteiger partial charge is 0.0909 e. The van der Waals surface area contributed by atoms with Gasteiger partial charge in [0.1, 0.15) is 0 Å². The van der Waals surface area contributed by atoms with Crippen molar-refractivity contribution in [2.45, 2.75) is 18.9 Å². The third kappa shape index (κ3) is 3.64. The van der Waals surface area contributed by atoms with Crippen LogP contribution in [0, 0.1) is 0 Å². The van der Waals surface area contributed by atoms with Gasteiger partial charge in [-0.05, 0) is 42.3 Å². The summed E-state index contributed by atoms with van der Waals surface area (Å²) in [6, 6.07) is 12.4. The van der Waals surface area contributed by atoms with E-state index in [2.05, 4.69) is 0 Å². The van der Waals surface area contributed by atoms with Crippen molar-refractivity contribution < 1.29 is 5.11 Å². The molecule has 0 saturated carbocycles. The zero-order valence-corrected chi connectivity index (χ0v) is 12.6. The fourth-order valence-corrected chi connectivity index (χ4v) is 2.63. The van der Waals surface area contributed by atoms with Gasteiger partial charge in [-0.25, -0.2) is 0 Å². The standard InChI is InChI=1S/C15H13Cl3O/c1-15(19,11-3-2-4-12(16)7-11)9-10-5-6-13(17)8-14(10)18/h2-8,19H,9H2,1H3. The van der Waals surface area contributed by atoms with Gasteiger partial charge in [-0.1, -0.05) is 53.0 Å². The van der Waals surface area contributed by atoms with Crippen molar-refractivity contribution in [3.05, 3.63) is 68.7 Å². The predicted octanol–water partition coefficient (Wildman–Crippen LogP) is 5.10. The van der Waals surface area contributed by atoms with E-state index in [1.165, 1.54) is 0 Å². The Hall–Kier alpha value is -0.730. The first kappa shape index (κ1) is 14.7. The first-order valence-corrected chi connectivity index (χ1v) is 6.94. The van der Waals surface area contributed by atoms with Crippen LogP contribution in [-0.4, -0.2) is 5.11 Å². The van der Waals surface area contributed by atoms with E-state index in [4.69, 9.17) is 34.8 Å². The van der Waals surface area contributed by atoms with Crippen LogP contribution in [0.4, 0.5) is 0 Å². The van der Waals surface area contributed by atoms with Gasteiger partial charge in [-0.15, -0.1) is 0 Å². The van der Waals surface area contributed by atoms with Gasteiger partial charge in [0.25, 0.3) is 0 Å². The summed E-state index contributed by atoms with van der Waals surface area (Å²) in [6.07, 6.45) is 0.392. The minimum Gasteiger partial charge on any atom is -0.385 e. The van der Waals surface area contributed by atoms with E-state index in [1.54, 1.807) is 31.2 Å². The molecule has 0 spiro atoms. The molecule has 0 fully saturated rings. The maximum Gasteiger partial charge on any atom is 0.0909 e. The molecular formula is C15H13Cl3O. The number of hydrogen-bond donors (Lipinski definition) is 1. The summed E-state index contributed by atoms with van der Waals surface area (Å²) in [5, 5.41) is 12.3. The van der Waals surface area contributed by atoms with Crippen LogP contribution in [-0.2, 0) is 12.0 Å². The van der Waals surface area contributed by atoms with Crippen LogP contribution in [0.25, 0.3) is 0 Å². The first-order chi connectivity index (χ1) is 8.88. The van der Waals surface area contributed by atoms with Gasteiger partial charge in [0.15, 0.2) is 0 Å². The minimum absolute atomic E-state index is 0.392. The lowest BCUT2D eigenvalue weighted by Gasteiger charge is -2.24. The summed E-state index contributed by atoms with van der Waals surface area (Å²) in [5.41, 5.74) is 0.560. The maximum absolute atomic E-state index is 10.6. The van der Waals surface area contributed by atoms with Gasteiger partial charge >= 0.3 is 0 Å². The van der Waals surface area contributed by atoms with E-state index in [0.717, 1.165) is 11.1 Å². The van der Waals surface area contributed by atoms with Crippen molar-refractivity contribution in [3.63, 3.8) is 0 Å². The fraction of sp³-hybridized carbons (Fsp3) is 0.200. The molecular weight excluding hydrogens is 303 g/mol. The summed E-state index contributed by atoms with van der Waals surface area (Å²) < 4.78 is 0. The molecule has 1 N–H and O–H groups in total. The van der Waals surface area contributed by atoms with Crippen LogP contribution in [0.5, 0.6) is 0 Å². The monoisotopic (exact) mass is 314 g/mol. The summed E-state index contributed by atoms with van der Waals surface area (Å²) in [6.45, 7) is 1.74. The average Bonchev–Trinajstić information content (AvgIpc) is 2.33. The molecule has 0 heterocycles. The van der Waals surface area contributed by atoms with Crippen LogP contribution in [0.1, 0.15) is 18.1 Å². The Kier molecular flexibility index (Phi) is 4.42. The number of benzene rings is 2.